The minimum Gasteiger partial charge on any atom is -0.497 e. The highest BCUT2D eigenvalue weighted by molar-refractivity contribution is 6.04. The van der Waals surface area contributed by atoms with Crippen LogP contribution in [-0.2, 0) is 0 Å². The van der Waals surface area contributed by atoms with Gasteiger partial charge in [-0.2, -0.15) is 0 Å². The molecule has 4 N–H and O–H groups in total. The molecule has 0 radical (unpaired) electrons. The number of amides is 1. The molecule has 6 nitrogen and oxygen atoms in total. The number of nitrogens with zero attached hydrogens (tertiary/aromatic N) is 1. The van der Waals surface area contributed by atoms with Crippen LogP contribution < -0.4 is 21.3 Å². The lowest BCUT2D eigenvalue weighted by atomic mass is 10.2. The van der Waals surface area contributed by atoms with Crippen LogP contribution in [0.4, 0.5) is 11.5 Å². The third-order valence-corrected chi connectivity index (χ3v) is 2.52. The Morgan fingerprint density at radius 3 is 2.47 bits per heavy atom. The Balaban J connectivity index is 2.06. The summed E-state index contributed by atoms with van der Waals surface area (Å²) in [4.78, 5) is 15.9. The summed E-state index contributed by atoms with van der Waals surface area (Å²) in [6.45, 7) is 0. The van der Waals surface area contributed by atoms with Gasteiger partial charge in [-0.3, -0.25) is 4.79 Å². The van der Waals surface area contributed by atoms with Gasteiger partial charge in [-0.25, -0.2) is 10.8 Å². The fourth-order valence-electron chi connectivity index (χ4n) is 1.49. The number of ether oxygens (including phenoxy) is 1. The van der Waals surface area contributed by atoms with E-state index in [9.17, 15) is 4.79 Å². The summed E-state index contributed by atoms with van der Waals surface area (Å²) < 4.78 is 5.04. The number of hydrogen-bond donors (Lipinski definition) is 3. The minimum atomic E-state index is -0.235. The molecular formula is C13H14N4O2. The predicted molar refractivity (Wildman–Crippen MR) is 73.0 cm³/mol. The largest absolute Gasteiger partial charge is 0.497 e. The normalized spacial score (nSPS) is 9.79. The Labute approximate surface area is 110 Å². The maximum absolute atomic E-state index is 11.9. The number of hydrogen-bond acceptors (Lipinski definition) is 5. The number of rotatable bonds is 4. The van der Waals surface area contributed by atoms with Gasteiger partial charge >= 0.3 is 0 Å². The van der Waals surface area contributed by atoms with E-state index in [-0.39, 0.29) is 5.91 Å². The van der Waals surface area contributed by atoms with Crippen LogP contribution in [0, 0.1) is 0 Å². The Kier molecular flexibility index (Phi) is 3.94. The van der Waals surface area contributed by atoms with Crippen LogP contribution in [0.3, 0.4) is 0 Å². The first-order valence-electron chi connectivity index (χ1n) is 5.61. The molecule has 98 valence electrons. The van der Waals surface area contributed by atoms with Crippen molar-refractivity contribution in [2.75, 3.05) is 17.9 Å². The molecule has 2 rings (SSSR count). The van der Waals surface area contributed by atoms with Gasteiger partial charge in [-0.15, -0.1) is 0 Å². The number of carbonyl (C=O) groups excluding carboxylic acids is 1. The second-order valence-electron chi connectivity index (χ2n) is 3.76. The van der Waals surface area contributed by atoms with Gasteiger partial charge in [-0.1, -0.05) is 0 Å². The second-order valence-corrected chi connectivity index (χ2v) is 3.76. The number of aromatic nitrogens is 1. The van der Waals surface area contributed by atoms with Crippen LogP contribution in [0.2, 0.25) is 0 Å². The molecule has 0 atom stereocenters. The van der Waals surface area contributed by atoms with Crippen molar-refractivity contribution >= 4 is 17.4 Å². The number of anilines is 2. The van der Waals surface area contributed by atoms with Crippen molar-refractivity contribution in [2.24, 2.45) is 5.84 Å². The Morgan fingerprint density at radius 2 is 1.95 bits per heavy atom. The number of carbonyl (C=O) groups is 1. The van der Waals surface area contributed by atoms with E-state index in [1.54, 1.807) is 43.5 Å². The van der Waals surface area contributed by atoms with Crippen molar-refractivity contribution in [3.63, 3.8) is 0 Å². The van der Waals surface area contributed by atoms with Crippen LogP contribution in [0.25, 0.3) is 0 Å². The number of nitrogens with one attached hydrogen (secondary N) is 2. The lowest BCUT2D eigenvalue weighted by molar-refractivity contribution is 0.102. The zero-order valence-corrected chi connectivity index (χ0v) is 10.4. The fourth-order valence-corrected chi connectivity index (χ4v) is 1.49. The van der Waals surface area contributed by atoms with E-state index >= 15 is 0 Å². The first kappa shape index (κ1) is 12.8. The molecule has 0 aliphatic carbocycles. The molecule has 0 aliphatic rings. The van der Waals surface area contributed by atoms with E-state index in [4.69, 9.17) is 10.6 Å². The summed E-state index contributed by atoms with van der Waals surface area (Å²) >= 11 is 0. The molecule has 0 spiro atoms. The number of nitrogen functional groups attached to an aromatic ring is 1. The van der Waals surface area contributed by atoms with Gasteiger partial charge < -0.3 is 15.5 Å². The van der Waals surface area contributed by atoms with Crippen LogP contribution >= 0.6 is 0 Å². The molecule has 0 aliphatic heterocycles. The molecule has 0 saturated heterocycles. The van der Waals surface area contributed by atoms with Crippen LogP contribution in [0.1, 0.15) is 10.4 Å². The van der Waals surface area contributed by atoms with Crippen LogP contribution in [0.15, 0.2) is 42.6 Å². The maximum Gasteiger partial charge on any atom is 0.257 e. The summed E-state index contributed by atoms with van der Waals surface area (Å²) in [6, 6.07) is 10.3. The summed E-state index contributed by atoms with van der Waals surface area (Å²) in [7, 11) is 1.59. The quantitative estimate of drug-likeness (QED) is 0.573. The van der Waals surface area contributed by atoms with Crippen molar-refractivity contribution in [3.05, 3.63) is 48.2 Å². The average Bonchev–Trinajstić information content (AvgIpc) is 2.48. The first-order valence-corrected chi connectivity index (χ1v) is 5.61. The summed E-state index contributed by atoms with van der Waals surface area (Å²) in [5.41, 5.74) is 3.54. The minimum absolute atomic E-state index is 0.235. The number of pyridine rings is 1. The van der Waals surface area contributed by atoms with Gasteiger partial charge in [0.2, 0.25) is 0 Å². The molecule has 0 fully saturated rings. The van der Waals surface area contributed by atoms with Crippen LogP contribution in [0.5, 0.6) is 5.75 Å². The lowest BCUT2D eigenvalue weighted by Crippen LogP contribution is -2.13. The van der Waals surface area contributed by atoms with Crippen molar-refractivity contribution in [1.29, 1.82) is 0 Å². The van der Waals surface area contributed by atoms with Gasteiger partial charge in [0.05, 0.1) is 12.7 Å². The molecule has 19 heavy (non-hydrogen) atoms. The van der Waals surface area contributed by atoms with Gasteiger partial charge in [0.1, 0.15) is 11.6 Å². The van der Waals surface area contributed by atoms with Crippen LogP contribution in [-0.4, -0.2) is 18.0 Å². The standard InChI is InChI=1S/C13H14N4O2/c1-19-11-5-3-10(4-6-11)16-13(18)9-2-7-12(17-14)15-8-9/h2-8H,14H2,1H3,(H,15,17)(H,16,18). The monoisotopic (exact) mass is 258 g/mol. The van der Waals surface area contributed by atoms with E-state index in [1.165, 1.54) is 6.20 Å². The third-order valence-electron chi connectivity index (χ3n) is 2.52. The van der Waals surface area contributed by atoms with Gasteiger partial charge in [0.15, 0.2) is 0 Å². The molecule has 1 aromatic heterocycles. The Hall–Kier alpha value is -2.60. The average molecular weight is 258 g/mol. The van der Waals surface area contributed by atoms with Gasteiger partial charge in [0, 0.05) is 11.9 Å². The predicted octanol–water partition coefficient (Wildman–Crippen LogP) is 1.63. The Morgan fingerprint density at radius 1 is 1.21 bits per heavy atom. The van der Waals surface area contributed by atoms with E-state index in [1.807, 2.05) is 0 Å². The third kappa shape index (κ3) is 3.20. The highest BCUT2D eigenvalue weighted by Gasteiger charge is 2.06. The van der Waals surface area contributed by atoms with Gasteiger partial charge in [-0.05, 0) is 36.4 Å². The molecule has 0 unspecified atom stereocenters. The van der Waals surface area contributed by atoms with E-state index in [0.717, 1.165) is 5.75 Å². The highest BCUT2D eigenvalue weighted by Crippen LogP contribution is 2.16. The molecule has 1 aromatic carbocycles. The van der Waals surface area contributed by atoms with Crippen molar-refractivity contribution in [2.45, 2.75) is 0 Å². The number of nitrogens with two attached hydrogens (primary N) is 1. The highest BCUT2D eigenvalue weighted by atomic mass is 16.5. The first-order chi connectivity index (χ1) is 9.22. The number of benzene rings is 1. The van der Waals surface area contributed by atoms with E-state index in [0.29, 0.717) is 17.1 Å². The smallest absolute Gasteiger partial charge is 0.257 e. The molecule has 6 heteroatoms. The zero-order valence-electron chi connectivity index (χ0n) is 10.4. The van der Waals surface area contributed by atoms with E-state index < -0.39 is 0 Å². The molecule has 0 saturated carbocycles. The van der Waals surface area contributed by atoms with Crippen molar-refractivity contribution in [1.82, 2.24) is 4.98 Å². The van der Waals surface area contributed by atoms with Crippen molar-refractivity contribution in [3.8, 4) is 5.75 Å². The number of methoxy groups -OCH3 is 1. The summed E-state index contributed by atoms with van der Waals surface area (Å²) in [6.07, 6.45) is 1.45. The number of hydrazine groups is 1. The van der Waals surface area contributed by atoms with Crippen molar-refractivity contribution < 1.29 is 9.53 Å². The fraction of sp³-hybridized carbons (Fsp3) is 0.0769. The van der Waals surface area contributed by atoms with E-state index in [2.05, 4.69) is 15.7 Å². The summed E-state index contributed by atoms with van der Waals surface area (Å²) in [5, 5.41) is 2.76. The molecule has 0 bridgehead atoms. The lowest BCUT2D eigenvalue weighted by Gasteiger charge is -2.06. The molecule has 1 amide bonds. The topological polar surface area (TPSA) is 89.3 Å². The maximum atomic E-state index is 11.9. The molecule has 2 aromatic rings. The Bertz CT molecular complexity index is 552. The SMILES string of the molecule is COc1ccc(NC(=O)c2ccc(NN)nc2)cc1. The van der Waals surface area contributed by atoms with Gasteiger partial charge in [0.25, 0.3) is 5.91 Å². The second kappa shape index (κ2) is 5.83. The zero-order chi connectivity index (χ0) is 13.7. The summed E-state index contributed by atoms with van der Waals surface area (Å²) in [5.74, 6) is 6.20. The molecule has 1 heterocycles. The molecular weight excluding hydrogens is 244 g/mol.